The Kier molecular flexibility index (Phi) is 25.7. The van der Waals surface area contributed by atoms with E-state index in [0.717, 1.165) is 6.61 Å². The molecule has 0 aromatic heterocycles. The number of hydrogen-bond donors (Lipinski definition) is 0. The zero-order chi connectivity index (χ0) is 72.6. The van der Waals surface area contributed by atoms with Crippen molar-refractivity contribution in [1.82, 2.24) is 0 Å². The fraction of sp³-hybridized carbons (Fsp3) is 0.975. The molecule has 92 heavy (non-hydrogen) atoms. The summed E-state index contributed by atoms with van der Waals surface area (Å²) < 4.78 is 67.4. The Balaban J connectivity index is 0.000000453. The van der Waals surface area contributed by atoms with Gasteiger partial charge in [0.1, 0.15) is 11.6 Å². The summed E-state index contributed by atoms with van der Waals surface area (Å²) in [5.74, 6) is 3.34. The first-order chi connectivity index (χ1) is 40.7. The highest BCUT2D eigenvalue weighted by Crippen LogP contribution is 2.70. The summed E-state index contributed by atoms with van der Waals surface area (Å²) in [5, 5.41) is 0. The van der Waals surface area contributed by atoms with Crippen LogP contribution in [0, 0.1) is 101 Å². The first-order valence-electron chi connectivity index (χ1n) is 36.1. The molecule has 544 valence electrons. The maximum Gasteiger partial charge on any atom is 0.168 e. The monoisotopic (exact) mass is 1310 g/mol. The quantitative estimate of drug-likeness (QED) is 0.164. The van der Waals surface area contributed by atoms with Gasteiger partial charge in [-0.2, -0.15) is 0 Å². The van der Waals surface area contributed by atoms with E-state index >= 15 is 0 Å². The highest BCUT2D eigenvalue weighted by atomic mass is 16.7. The zero-order valence-corrected chi connectivity index (χ0v) is 68.3. The minimum atomic E-state index is -0.592. The maximum absolute atomic E-state index is 9.44. The van der Waals surface area contributed by atoms with Crippen LogP contribution < -0.4 is 0 Å². The molecule has 0 aromatic carbocycles. The van der Waals surface area contributed by atoms with Gasteiger partial charge in [0, 0.05) is 33.5 Å². The summed E-state index contributed by atoms with van der Waals surface area (Å²) >= 11 is 0. The lowest BCUT2D eigenvalue weighted by Crippen LogP contribution is -2.74. The molecule has 0 radical (unpaired) electrons. The summed E-state index contributed by atoms with van der Waals surface area (Å²) in [4.78, 5) is 18.9. The predicted molar refractivity (Wildman–Crippen MR) is 380 cm³/mol. The lowest BCUT2D eigenvalue weighted by atomic mass is 9.43. The van der Waals surface area contributed by atoms with Gasteiger partial charge in [0.2, 0.25) is 0 Å². The molecule has 0 aromatic rings. The van der Waals surface area contributed by atoms with Crippen molar-refractivity contribution in [2.24, 2.45) is 101 Å². The number of carbonyl (C=O) groups excluding carboxylic acids is 2. The molecule has 17 atom stereocenters. The lowest BCUT2D eigenvalue weighted by Gasteiger charge is -2.71. The van der Waals surface area contributed by atoms with E-state index in [-0.39, 0.29) is 107 Å². The van der Waals surface area contributed by atoms with Crippen molar-refractivity contribution in [1.29, 1.82) is 0 Å². The SMILES string of the molecule is CC(C)=O.CC(C)=O.CC1(C)O[C@@](C)(COC[C@]2(C)C(C)(C)O[C@@](C)(COC[C@]3(C)C(C)(C)OC(C)(C)C(C)(C)C3(C)C)C(C)(C)C2(C)C)C(C)(C)C(C)(C)C1(C)C.CC1OC(C)(OCC2OC(OCC3OCC(C)(C)C(C)C3C)C(C)C(C)C2C)C(C)C(C)C1C. The van der Waals surface area contributed by atoms with Crippen LogP contribution in [0.15, 0.2) is 0 Å². The van der Waals surface area contributed by atoms with Crippen LogP contribution in [0.1, 0.15) is 291 Å². The molecule has 0 bridgehead atoms. The average molecular weight is 1310 g/mol. The van der Waals surface area contributed by atoms with Crippen molar-refractivity contribution >= 4 is 11.6 Å². The molecular formula is C80H152O12. The van der Waals surface area contributed by atoms with Gasteiger partial charge >= 0.3 is 0 Å². The zero-order valence-electron chi connectivity index (χ0n) is 68.3. The van der Waals surface area contributed by atoms with Crippen LogP contribution in [-0.2, 0) is 57.0 Å². The Hall–Kier alpha value is -1.06. The fourth-order valence-electron chi connectivity index (χ4n) is 17.3. The van der Waals surface area contributed by atoms with Gasteiger partial charge < -0.3 is 57.0 Å². The molecule has 12 heteroatoms. The van der Waals surface area contributed by atoms with Gasteiger partial charge in [-0.05, 0) is 179 Å². The Labute approximate surface area is 568 Å². The van der Waals surface area contributed by atoms with Gasteiger partial charge in [-0.1, -0.05) is 180 Å². The lowest BCUT2D eigenvalue weighted by molar-refractivity contribution is -0.367. The second-order valence-electron chi connectivity index (χ2n) is 38.7. The minimum Gasteiger partial charge on any atom is -0.378 e. The third-order valence-electron chi connectivity index (χ3n) is 31.2. The summed E-state index contributed by atoms with van der Waals surface area (Å²) in [6, 6.07) is 0. The van der Waals surface area contributed by atoms with Crippen molar-refractivity contribution in [3.63, 3.8) is 0 Å². The molecule has 13 unspecified atom stereocenters. The molecular weight excluding hydrogens is 1150 g/mol. The maximum atomic E-state index is 9.44. The standard InChI is InChI=1S/C45H86O5.C29H54O5.2C3H6O/c1-31(2)32(3,4)39(17,18)49-44(25,36(31,11)12)29-47-28-43(24)35(9,10)37(13,14)45(26,50-41(43,21)22)30-46-27-42(23)34(7,8)33(5,6)38(15,16)48-40(42,19)20;1-16-19(4)26(14-32-29(12)23(8)17(2)18(3)24(9)34-29)33-27(20(16)5)30-13-25-21(6)22(7)28(10,11)15-31-25;2*1-3(2)4/h27-30H2,1-26H3;16-27H,13-15H2,1-12H3;2*1-2H3/t42-,43-,44-,45-;;;/m0.../s1. The number of Topliss-reactive ketones (excluding diaryl/α,β-unsaturated/α-hetero) is 2. The van der Waals surface area contributed by atoms with Crippen LogP contribution in [0.4, 0.5) is 0 Å². The molecule has 6 rings (SSSR count). The van der Waals surface area contributed by atoms with Crippen LogP contribution in [0.3, 0.4) is 0 Å². The summed E-state index contributed by atoms with van der Waals surface area (Å²) in [7, 11) is 0. The largest absolute Gasteiger partial charge is 0.378 e. The molecule has 6 fully saturated rings. The molecule has 0 N–H and O–H groups in total. The fourth-order valence-corrected chi connectivity index (χ4v) is 17.3. The molecule has 0 amide bonds. The van der Waals surface area contributed by atoms with E-state index < -0.39 is 22.6 Å². The summed E-state index contributed by atoms with van der Waals surface area (Å²) in [6.45, 7) is 98.0. The van der Waals surface area contributed by atoms with Crippen LogP contribution in [0.5, 0.6) is 0 Å². The van der Waals surface area contributed by atoms with Gasteiger partial charge in [0.25, 0.3) is 0 Å². The number of rotatable bonds is 14. The molecule has 6 aliphatic heterocycles. The second kappa shape index (κ2) is 27.8. The Morgan fingerprint density at radius 3 is 1.21 bits per heavy atom. The van der Waals surface area contributed by atoms with Crippen LogP contribution in [0.25, 0.3) is 0 Å². The normalized spacial score (nSPS) is 42.0. The van der Waals surface area contributed by atoms with Gasteiger partial charge in [-0.3, -0.25) is 0 Å². The van der Waals surface area contributed by atoms with Crippen molar-refractivity contribution in [3.05, 3.63) is 0 Å². The van der Waals surface area contributed by atoms with Crippen LogP contribution >= 0.6 is 0 Å². The summed E-state index contributed by atoms with van der Waals surface area (Å²) in [5.41, 5.74) is -3.64. The highest BCUT2D eigenvalue weighted by molar-refractivity contribution is 5.72. The smallest absolute Gasteiger partial charge is 0.168 e. The first kappa shape index (κ1) is 85.2. The van der Waals surface area contributed by atoms with Crippen molar-refractivity contribution in [3.8, 4) is 0 Å². The third kappa shape index (κ3) is 14.9. The molecule has 6 heterocycles. The van der Waals surface area contributed by atoms with E-state index in [1.165, 1.54) is 27.7 Å². The van der Waals surface area contributed by atoms with E-state index in [9.17, 15) is 9.59 Å². The van der Waals surface area contributed by atoms with Gasteiger partial charge in [-0.15, -0.1) is 0 Å². The van der Waals surface area contributed by atoms with Gasteiger partial charge in [-0.25, -0.2) is 0 Å². The number of ether oxygens (including phenoxy) is 10. The van der Waals surface area contributed by atoms with E-state index in [0.29, 0.717) is 87.0 Å². The van der Waals surface area contributed by atoms with Crippen molar-refractivity contribution in [2.75, 3.05) is 46.2 Å². The topological polar surface area (TPSA) is 126 Å². The van der Waals surface area contributed by atoms with Crippen molar-refractivity contribution < 1.29 is 57.0 Å². The number of ketones is 2. The summed E-state index contributed by atoms with van der Waals surface area (Å²) in [6.07, 6.45) is 0.0388. The highest BCUT2D eigenvalue weighted by Gasteiger charge is 2.72. The van der Waals surface area contributed by atoms with E-state index in [4.69, 9.17) is 47.4 Å². The van der Waals surface area contributed by atoms with Crippen LogP contribution in [0.2, 0.25) is 0 Å². The van der Waals surface area contributed by atoms with E-state index in [2.05, 4.69) is 263 Å². The molecule has 0 aliphatic carbocycles. The molecule has 6 aliphatic rings. The van der Waals surface area contributed by atoms with E-state index in [1.54, 1.807) is 0 Å². The predicted octanol–water partition coefficient (Wildman–Crippen LogP) is 19.5. The third-order valence-corrected chi connectivity index (χ3v) is 31.2. The van der Waals surface area contributed by atoms with Crippen molar-refractivity contribution in [2.45, 2.75) is 355 Å². The Bertz CT molecular complexity index is 2440. The molecule has 0 spiro atoms. The van der Waals surface area contributed by atoms with Gasteiger partial charge in [0.15, 0.2) is 12.1 Å². The van der Waals surface area contributed by atoms with E-state index in [1.807, 2.05) is 0 Å². The molecule has 0 saturated carbocycles. The Morgan fingerprint density at radius 1 is 0.380 bits per heavy atom. The number of carbonyl (C=O) groups is 2. The first-order valence-corrected chi connectivity index (χ1v) is 36.1. The number of hydrogen-bond acceptors (Lipinski definition) is 12. The minimum absolute atomic E-state index is 0.00272. The van der Waals surface area contributed by atoms with Gasteiger partial charge in [0.05, 0.1) is 98.2 Å². The molecule has 6 saturated heterocycles. The van der Waals surface area contributed by atoms with Crippen LogP contribution in [-0.4, -0.2) is 122 Å². The second-order valence-corrected chi connectivity index (χ2v) is 38.7. The Morgan fingerprint density at radius 2 is 0.761 bits per heavy atom. The average Bonchev–Trinajstić information content (AvgIpc) is 0.703. The molecule has 12 nitrogen and oxygen atoms in total.